The maximum atomic E-state index is 11.6. The Hall–Kier alpha value is -0.620. The lowest BCUT2D eigenvalue weighted by Crippen LogP contribution is -2.37. The Labute approximate surface area is 104 Å². The highest BCUT2D eigenvalue weighted by atomic mass is 32.2. The van der Waals surface area contributed by atoms with Crippen molar-refractivity contribution in [3.05, 3.63) is 0 Å². The predicted molar refractivity (Wildman–Crippen MR) is 69.6 cm³/mol. The fourth-order valence-electron chi connectivity index (χ4n) is 1.20. The Balaban J connectivity index is 3.98. The smallest absolute Gasteiger partial charge is 0.235 e. The van der Waals surface area contributed by atoms with Crippen LogP contribution < -0.4 is 10.6 Å². The summed E-state index contributed by atoms with van der Waals surface area (Å²) in [4.78, 5) is 11.2. The maximum Gasteiger partial charge on any atom is 0.235 e. The van der Waals surface area contributed by atoms with Gasteiger partial charge in [-0.1, -0.05) is 13.8 Å². The number of sulfone groups is 1. The Kier molecular flexibility index (Phi) is 7.38. The average Bonchev–Trinajstić information content (AvgIpc) is 2.16. The van der Waals surface area contributed by atoms with Crippen LogP contribution in [0.1, 0.15) is 27.7 Å². The molecule has 102 valence electrons. The normalized spacial score (nSPS) is 13.7. The first-order valence-corrected chi connectivity index (χ1v) is 7.81. The van der Waals surface area contributed by atoms with E-state index in [4.69, 9.17) is 0 Å². The molecule has 5 nitrogen and oxygen atoms in total. The molecule has 0 heterocycles. The number of hydrogen-bond acceptors (Lipinski definition) is 4. The first-order valence-electron chi connectivity index (χ1n) is 5.99. The van der Waals surface area contributed by atoms with Crippen molar-refractivity contribution in [3.8, 4) is 0 Å². The fraction of sp³-hybridized carbons (Fsp3) is 0.909. The van der Waals surface area contributed by atoms with Crippen molar-refractivity contribution in [1.82, 2.24) is 10.6 Å². The highest BCUT2D eigenvalue weighted by Crippen LogP contribution is 1.99. The molecule has 0 radical (unpaired) electrons. The summed E-state index contributed by atoms with van der Waals surface area (Å²) in [5, 5.41) is 5.61. The van der Waals surface area contributed by atoms with Crippen molar-refractivity contribution in [2.45, 2.75) is 33.7 Å². The van der Waals surface area contributed by atoms with Gasteiger partial charge in [0.2, 0.25) is 5.91 Å². The van der Waals surface area contributed by atoms with Gasteiger partial charge in [-0.3, -0.25) is 4.79 Å². The van der Waals surface area contributed by atoms with Crippen LogP contribution in [0.2, 0.25) is 0 Å². The Morgan fingerprint density at radius 2 is 1.82 bits per heavy atom. The quantitative estimate of drug-likeness (QED) is 0.655. The van der Waals surface area contributed by atoms with Gasteiger partial charge < -0.3 is 10.6 Å². The topological polar surface area (TPSA) is 75.3 Å². The minimum absolute atomic E-state index is 0.00118. The summed E-state index contributed by atoms with van der Waals surface area (Å²) in [5.41, 5.74) is 0. The maximum absolute atomic E-state index is 11.6. The third kappa shape index (κ3) is 8.15. The van der Waals surface area contributed by atoms with E-state index >= 15 is 0 Å². The molecule has 0 aromatic rings. The zero-order chi connectivity index (χ0) is 13.5. The summed E-state index contributed by atoms with van der Waals surface area (Å²) < 4.78 is 23.1. The highest BCUT2D eigenvalue weighted by molar-refractivity contribution is 7.92. The predicted octanol–water partition coefficient (Wildman–Crippen LogP) is 0.171. The Morgan fingerprint density at radius 3 is 2.29 bits per heavy atom. The highest BCUT2D eigenvalue weighted by Gasteiger charge is 2.16. The van der Waals surface area contributed by atoms with E-state index in [1.54, 1.807) is 6.92 Å². The average molecular weight is 264 g/mol. The van der Waals surface area contributed by atoms with Crippen LogP contribution in [0.15, 0.2) is 0 Å². The van der Waals surface area contributed by atoms with Crippen LogP contribution in [0.3, 0.4) is 0 Å². The van der Waals surface area contributed by atoms with Crippen LogP contribution in [-0.2, 0) is 14.6 Å². The number of amides is 1. The van der Waals surface area contributed by atoms with E-state index < -0.39 is 21.5 Å². The Morgan fingerprint density at radius 1 is 1.24 bits per heavy atom. The molecule has 2 N–H and O–H groups in total. The van der Waals surface area contributed by atoms with E-state index in [1.807, 2.05) is 6.92 Å². The van der Waals surface area contributed by atoms with E-state index in [0.29, 0.717) is 19.0 Å². The van der Waals surface area contributed by atoms with Crippen molar-refractivity contribution in [2.24, 2.45) is 5.92 Å². The van der Waals surface area contributed by atoms with Gasteiger partial charge in [0.25, 0.3) is 0 Å². The lowest BCUT2D eigenvalue weighted by molar-refractivity contribution is -0.118. The van der Waals surface area contributed by atoms with Crippen LogP contribution in [0.4, 0.5) is 0 Å². The summed E-state index contributed by atoms with van der Waals surface area (Å²) in [6.45, 7) is 8.76. The molecule has 0 aliphatic carbocycles. The number of carbonyl (C=O) groups is 1. The van der Waals surface area contributed by atoms with Gasteiger partial charge in [-0.25, -0.2) is 8.42 Å². The van der Waals surface area contributed by atoms with Gasteiger partial charge in [0.1, 0.15) is 5.75 Å². The number of carbonyl (C=O) groups excluding carboxylic acids is 1. The van der Waals surface area contributed by atoms with Crippen molar-refractivity contribution in [1.29, 1.82) is 0 Å². The number of hydrogen-bond donors (Lipinski definition) is 2. The molecular formula is C11H24N2O3S. The van der Waals surface area contributed by atoms with Crippen LogP contribution >= 0.6 is 0 Å². The van der Waals surface area contributed by atoms with Crippen LogP contribution in [0.25, 0.3) is 0 Å². The van der Waals surface area contributed by atoms with E-state index in [9.17, 15) is 13.2 Å². The van der Waals surface area contributed by atoms with Gasteiger partial charge in [0.15, 0.2) is 9.84 Å². The SMILES string of the molecule is CCNC(=O)CS(=O)(=O)CCNC(C)C(C)C. The van der Waals surface area contributed by atoms with Crippen LogP contribution in [0.5, 0.6) is 0 Å². The molecule has 0 aliphatic rings. The van der Waals surface area contributed by atoms with Crippen LogP contribution in [0, 0.1) is 5.92 Å². The van der Waals surface area contributed by atoms with Gasteiger partial charge in [-0.05, 0) is 19.8 Å². The van der Waals surface area contributed by atoms with Gasteiger partial charge in [0.05, 0.1) is 5.75 Å². The molecule has 1 unspecified atom stereocenters. The summed E-state index contributed by atoms with van der Waals surface area (Å²) in [7, 11) is -3.30. The molecule has 6 heteroatoms. The molecule has 0 bridgehead atoms. The molecule has 0 fully saturated rings. The molecular weight excluding hydrogens is 240 g/mol. The van der Waals surface area contributed by atoms with Crippen molar-refractivity contribution >= 4 is 15.7 Å². The van der Waals surface area contributed by atoms with Gasteiger partial charge in [-0.15, -0.1) is 0 Å². The lowest BCUT2D eigenvalue weighted by Gasteiger charge is -2.17. The molecule has 0 aromatic heterocycles. The molecule has 0 aliphatic heterocycles. The molecule has 1 atom stereocenters. The summed E-state index contributed by atoms with van der Waals surface area (Å²) in [6, 6.07) is 0.273. The van der Waals surface area contributed by atoms with Crippen molar-refractivity contribution in [3.63, 3.8) is 0 Å². The van der Waals surface area contributed by atoms with E-state index in [1.165, 1.54) is 0 Å². The van der Waals surface area contributed by atoms with Gasteiger partial charge >= 0.3 is 0 Å². The van der Waals surface area contributed by atoms with Crippen LogP contribution in [-0.4, -0.2) is 45.0 Å². The molecule has 0 spiro atoms. The Bertz CT molecular complexity index is 326. The standard InChI is InChI=1S/C11H24N2O3S/c1-5-12-11(14)8-17(15,16)7-6-13-10(4)9(2)3/h9-10,13H,5-8H2,1-4H3,(H,12,14). The molecule has 0 rings (SSSR count). The lowest BCUT2D eigenvalue weighted by atomic mass is 10.1. The van der Waals surface area contributed by atoms with E-state index in [0.717, 1.165) is 0 Å². The van der Waals surface area contributed by atoms with Crippen molar-refractivity contribution < 1.29 is 13.2 Å². The first-order chi connectivity index (χ1) is 7.78. The minimum atomic E-state index is -3.30. The number of rotatable bonds is 8. The molecule has 0 aromatic carbocycles. The molecule has 0 saturated carbocycles. The van der Waals surface area contributed by atoms with Gasteiger partial charge in [0, 0.05) is 19.1 Å². The minimum Gasteiger partial charge on any atom is -0.356 e. The fourth-order valence-corrected chi connectivity index (χ4v) is 2.27. The summed E-state index contributed by atoms with van der Waals surface area (Å²) >= 11 is 0. The van der Waals surface area contributed by atoms with Gasteiger partial charge in [-0.2, -0.15) is 0 Å². The third-order valence-corrected chi connectivity index (χ3v) is 4.13. The second kappa shape index (κ2) is 7.66. The molecule has 1 amide bonds. The zero-order valence-electron chi connectivity index (χ0n) is 11.1. The number of nitrogens with one attached hydrogen (secondary N) is 2. The molecule has 0 saturated heterocycles. The summed E-state index contributed by atoms with van der Waals surface area (Å²) in [6.07, 6.45) is 0. The largest absolute Gasteiger partial charge is 0.356 e. The second-order valence-electron chi connectivity index (χ2n) is 4.53. The third-order valence-electron chi connectivity index (χ3n) is 2.60. The van der Waals surface area contributed by atoms with E-state index in [2.05, 4.69) is 24.5 Å². The van der Waals surface area contributed by atoms with E-state index in [-0.39, 0.29) is 11.8 Å². The summed E-state index contributed by atoms with van der Waals surface area (Å²) in [5.74, 6) is -0.384. The molecule has 17 heavy (non-hydrogen) atoms. The first kappa shape index (κ1) is 16.4. The van der Waals surface area contributed by atoms with Crippen molar-refractivity contribution in [2.75, 3.05) is 24.6 Å². The monoisotopic (exact) mass is 264 g/mol. The zero-order valence-corrected chi connectivity index (χ0v) is 11.9. The second-order valence-corrected chi connectivity index (χ2v) is 6.72.